The minimum atomic E-state index is -0.256. The smallest absolute Gasteiger partial charge is 0.138 e. The first kappa shape index (κ1) is 14.1. The molecule has 1 unspecified atom stereocenters. The standard InChI is InChI=1S/C12H24N4O/c1-4-5-12(7-13,8-17)6-11-14-9-15-16(11)10(2)3/h9-10,17H,4-8,13H2,1-3H3. The van der Waals surface area contributed by atoms with Gasteiger partial charge in [-0.3, -0.25) is 0 Å². The van der Waals surface area contributed by atoms with Crippen LogP contribution >= 0.6 is 0 Å². The predicted molar refractivity (Wildman–Crippen MR) is 67.6 cm³/mol. The van der Waals surface area contributed by atoms with Crippen LogP contribution in [0.2, 0.25) is 0 Å². The van der Waals surface area contributed by atoms with Gasteiger partial charge in [-0.1, -0.05) is 13.3 Å². The van der Waals surface area contributed by atoms with Gasteiger partial charge >= 0.3 is 0 Å². The van der Waals surface area contributed by atoms with Crippen molar-refractivity contribution in [2.75, 3.05) is 13.2 Å². The van der Waals surface area contributed by atoms with Gasteiger partial charge in [0.05, 0.1) is 6.61 Å². The van der Waals surface area contributed by atoms with Crippen molar-refractivity contribution in [3.63, 3.8) is 0 Å². The average molecular weight is 240 g/mol. The van der Waals surface area contributed by atoms with E-state index in [4.69, 9.17) is 5.73 Å². The largest absolute Gasteiger partial charge is 0.396 e. The highest BCUT2D eigenvalue weighted by atomic mass is 16.3. The van der Waals surface area contributed by atoms with Gasteiger partial charge in [-0.05, 0) is 20.3 Å². The van der Waals surface area contributed by atoms with Gasteiger partial charge in [0.2, 0.25) is 0 Å². The zero-order valence-corrected chi connectivity index (χ0v) is 11.1. The number of nitrogens with zero attached hydrogens (tertiary/aromatic N) is 3. The van der Waals surface area contributed by atoms with Crippen LogP contribution < -0.4 is 5.73 Å². The summed E-state index contributed by atoms with van der Waals surface area (Å²) in [6, 6.07) is 0.281. The molecule has 1 atom stereocenters. The Labute approximate surface area is 103 Å². The number of aliphatic hydroxyl groups is 1. The lowest BCUT2D eigenvalue weighted by molar-refractivity contribution is 0.117. The molecule has 0 saturated carbocycles. The van der Waals surface area contributed by atoms with E-state index in [9.17, 15) is 5.11 Å². The maximum Gasteiger partial charge on any atom is 0.138 e. The molecule has 0 fully saturated rings. The van der Waals surface area contributed by atoms with Crippen LogP contribution in [0.5, 0.6) is 0 Å². The topological polar surface area (TPSA) is 77.0 Å². The summed E-state index contributed by atoms with van der Waals surface area (Å²) in [5.74, 6) is 0.910. The summed E-state index contributed by atoms with van der Waals surface area (Å²) in [6.07, 6.45) is 4.17. The normalized spacial score (nSPS) is 15.2. The van der Waals surface area contributed by atoms with Gasteiger partial charge in [0.25, 0.3) is 0 Å². The number of rotatable bonds is 7. The lowest BCUT2D eigenvalue weighted by atomic mass is 9.80. The van der Waals surface area contributed by atoms with Crippen LogP contribution in [0.25, 0.3) is 0 Å². The summed E-state index contributed by atoms with van der Waals surface area (Å²) in [7, 11) is 0. The van der Waals surface area contributed by atoms with Gasteiger partial charge < -0.3 is 10.8 Å². The van der Waals surface area contributed by atoms with Crippen molar-refractivity contribution in [1.82, 2.24) is 14.8 Å². The molecule has 0 bridgehead atoms. The Hall–Kier alpha value is -0.940. The van der Waals surface area contributed by atoms with E-state index in [1.165, 1.54) is 0 Å². The van der Waals surface area contributed by atoms with Gasteiger partial charge in [-0.15, -0.1) is 0 Å². The summed E-state index contributed by atoms with van der Waals surface area (Å²) >= 11 is 0. The third-order valence-corrected chi connectivity index (χ3v) is 3.22. The molecule has 0 amide bonds. The number of aliphatic hydroxyl groups excluding tert-OH is 1. The highest BCUT2D eigenvalue weighted by molar-refractivity contribution is 4.95. The van der Waals surface area contributed by atoms with Gasteiger partial charge in [-0.25, -0.2) is 9.67 Å². The van der Waals surface area contributed by atoms with E-state index in [1.54, 1.807) is 6.33 Å². The first-order chi connectivity index (χ1) is 8.08. The van der Waals surface area contributed by atoms with Crippen LogP contribution in [0, 0.1) is 5.41 Å². The van der Waals surface area contributed by atoms with Crippen LogP contribution in [0.4, 0.5) is 0 Å². The molecular weight excluding hydrogens is 216 g/mol. The molecule has 0 spiro atoms. The van der Waals surface area contributed by atoms with Crippen molar-refractivity contribution in [3.05, 3.63) is 12.2 Å². The number of hydrogen-bond acceptors (Lipinski definition) is 4. The number of hydrogen-bond donors (Lipinski definition) is 2. The van der Waals surface area contributed by atoms with Crippen LogP contribution in [0.15, 0.2) is 6.33 Å². The second-order valence-electron chi connectivity index (χ2n) is 5.00. The highest BCUT2D eigenvalue weighted by Gasteiger charge is 2.29. The fraction of sp³-hybridized carbons (Fsp3) is 0.833. The first-order valence-electron chi connectivity index (χ1n) is 6.28. The molecule has 0 radical (unpaired) electrons. The Bertz CT molecular complexity index is 331. The maximum atomic E-state index is 9.60. The molecular formula is C12H24N4O. The van der Waals surface area contributed by atoms with Crippen LogP contribution in [0.1, 0.15) is 45.5 Å². The molecule has 17 heavy (non-hydrogen) atoms. The molecule has 0 aliphatic heterocycles. The summed E-state index contributed by atoms with van der Waals surface area (Å²) in [5.41, 5.74) is 5.57. The lowest BCUT2D eigenvalue weighted by Gasteiger charge is -2.30. The van der Waals surface area contributed by atoms with Crippen molar-refractivity contribution < 1.29 is 5.11 Å². The van der Waals surface area contributed by atoms with E-state index in [2.05, 4.69) is 30.9 Å². The molecule has 3 N–H and O–H groups in total. The van der Waals surface area contributed by atoms with Crippen molar-refractivity contribution >= 4 is 0 Å². The van der Waals surface area contributed by atoms with Crippen molar-refractivity contribution in [1.29, 1.82) is 0 Å². The zero-order valence-electron chi connectivity index (χ0n) is 11.1. The Morgan fingerprint density at radius 3 is 2.71 bits per heavy atom. The highest BCUT2D eigenvalue weighted by Crippen LogP contribution is 2.27. The van der Waals surface area contributed by atoms with Crippen LogP contribution in [-0.2, 0) is 6.42 Å². The van der Waals surface area contributed by atoms with Crippen molar-refractivity contribution in [2.45, 2.75) is 46.1 Å². The molecule has 1 heterocycles. The van der Waals surface area contributed by atoms with E-state index in [0.29, 0.717) is 13.0 Å². The quantitative estimate of drug-likeness (QED) is 0.749. The monoisotopic (exact) mass is 240 g/mol. The Morgan fingerprint density at radius 1 is 1.53 bits per heavy atom. The van der Waals surface area contributed by atoms with Gasteiger partial charge in [0.15, 0.2) is 0 Å². The SMILES string of the molecule is CCCC(CN)(CO)Cc1ncnn1C(C)C. The fourth-order valence-electron chi connectivity index (χ4n) is 2.16. The van der Waals surface area contributed by atoms with Gasteiger partial charge in [0.1, 0.15) is 12.2 Å². The average Bonchev–Trinajstić information content (AvgIpc) is 2.76. The second-order valence-corrected chi connectivity index (χ2v) is 5.00. The zero-order chi connectivity index (χ0) is 12.9. The van der Waals surface area contributed by atoms with E-state index in [-0.39, 0.29) is 18.1 Å². The molecule has 5 heteroatoms. The molecule has 1 aromatic heterocycles. The number of aromatic nitrogens is 3. The first-order valence-corrected chi connectivity index (χ1v) is 6.28. The minimum Gasteiger partial charge on any atom is -0.396 e. The summed E-state index contributed by atoms with van der Waals surface area (Å²) in [4.78, 5) is 4.29. The molecule has 98 valence electrons. The summed E-state index contributed by atoms with van der Waals surface area (Å²) < 4.78 is 1.90. The fourth-order valence-corrected chi connectivity index (χ4v) is 2.16. The molecule has 0 aromatic carbocycles. The van der Waals surface area contributed by atoms with E-state index < -0.39 is 0 Å². The Kier molecular flexibility index (Phi) is 5.08. The predicted octanol–water partition coefficient (Wildman–Crippen LogP) is 1.14. The Balaban J connectivity index is 2.89. The lowest BCUT2D eigenvalue weighted by Crippen LogP contribution is -2.37. The second kappa shape index (κ2) is 6.12. The van der Waals surface area contributed by atoms with E-state index >= 15 is 0 Å². The van der Waals surface area contributed by atoms with Crippen molar-refractivity contribution in [3.8, 4) is 0 Å². The molecule has 0 saturated heterocycles. The minimum absolute atomic E-state index is 0.0995. The van der Waals surface area contributed by atoms with Crippen LogP contribution in [0.3, 0.4) is 0 Å². The van der Waals surface area contributed by atoms with E-state index in [0.717, 1.165) is 18.7 Å². The number of nitrogens with two attached hydrogens (primary N) is 1. The Morgan fingerprint density at radius 2 is 2.24 bits per heavy atom. The van der Waals surface area contributed by atoms with Crippen molar-refractivity contribution in [2.24, 2.45) is 11.1 Å². The maximum absolute atomic E-state index is 9.60. The summed E-state index contributed by atoms with van der Waals surface area (Å²) in [6.45, 7) is 6.82. The molecule has 0 aliphatic rings. The third kappa shape index (κ3) is 3.26. The van der Waals surface area contributed by atoms with Gasteiger partial charge in [0, 0.05) is 24.4 Å². The van der Waals surface area contributed by atoms with Crippen LogP contribution in [-0.4, -0.2) is 33.0 Å². The molecule has 1 aromatic rings. The molecule has 5 nitrogen and oxygen atoms in total. The third-order valence-electron chi connectivity index (χ3n) is 3.22. The van der Waals surface area contributed by atoms with Gasteiger partial charge in [-0.2, -0.15) is 5.10 Å². The summed E-state index contributed by atoms with van der Waals surface area (Å²) in [5, 5.41) is 13.8. The molecule has 0 aliphatic carbocycles. The molecule has 1 rings (SSSR count). The van der Waals surface area contributed by atoms with E-state index in [1.807, 2.05) is 4.68 Å².